The van der Waals surface area contributed by atoms with E-state index in [2.05, 4.69) is 15.0 Å². The van der Waals surface area contributed by atoms with Crippen LogP contribution in [0.2, 0.25) is 0 Å². The number of piperazine rings is 1. The first-order valence-corrected chi connectivity index (χ1v) is 11.0. The van der Waals surface area contributed by atoms with E-state index in [1.165, 1.54) is 6.20 Å². The van der Waals surface area contributed by atoms with Crippen molar-refractivity contribution < 1.29 is 18.0 Å². The van der Waals surface area contributed by atoms with Gasteiger partial charge in [0, 0.05) is 45.3 Å². The van der Waals surface area contributed by atoms with Gasteiger partial charge in [0.1, 0.15) is 17.5 Å². The Balaban J connectivity index is 1.32. The number of hydrogen-bond acceptors (Lipinski definition) is 7. The predicted octanol–water partition coefficient (Wildman–Crippen LogP) is 1.71. The van der Waals surface area contributed by atoms with Crippen LogP contribution in [-0.4, -0.2) is 70.7 Å². The molecule has 4 rings (SSSR count). The fraction of sp³-hybridized carbons (Fsp3) is 0.500. The lowest BCUT2D eigenvalue weighted by molar-refractivity contribution is -0.139. The van der Waals surface area contributed by atoms with Crippen LogP contribution >= 0.6 is 0 Å². The van der Waals surface area contributed by atoms with Crippen molar-refractivity contribution in [2.75, 3.05) is 44.7 Å². The fourth-order valence-corrected chi connectivity index (χ4v) is 4.59. The van der Waals surface area contributed by atoms with Crippen molar-refractivity contribution in [2.45, 2.75) is 31.5 Å². The molecule has 0 saturated carbocycles. The normalized spacial score (nSPS) is 18.2. The first kappa shape index (κ1) is 23.7. The van der Waals surface area contributed by atoms with E-state index in [4.69, 9.17) is 5.26 Å². The molecule has 2 aliphatic rings. The van der Waals surface area contributed by atoms with Crippen molar-refractivity contribution in [3.8, 4) is 6.07 Å². The van der Waals surface area contributed by atoms with Crippen LogP contribution in [0.5, 0.6) is 0 Å². The van der Waals surface area contributed by atoms with Crippen molar-refractivity contribution in [1.29, 1.82) is 5.26 Å². The highest BCUT2D eigenvalue weighted by Crippen LogP contribution is 2.39. The predicted molar refractivity (Wildman–Crippen MR) is 116 cm³/mol. The van der Waals surface area contributed by atoms with Crippen molar-refractivity contribution in [3.05, 3.63) is 51.1 Å². The Morgan fingerprint density at radius 2 is 2.03 bits per heavy atom. The van der Waals surface area contributed by atoms with Gasteiger partial charge in [0.05, 0.1) is 17.3 Å². The number of pyridine rings is 1. The summed E-state index contributed by atoms with van der Waals surface area (Å²) in [4.78, 5) is 34.4. The number of carbonyl (C=O) groups excluding carboxylic acids is 1. The molecule has 2 aromatic rings. The molecule has 1 atom stereocenters. The third-order valence-electron chi connectivity index (χ3n) is 6.43. The van der Waals surface area contributed by atoms with Gasteiger partial charge in [-0.05, 0) is 37.6 Å². The van der Waals surface area contributed by atoms with Crippen LogP contribution in [0.1, 0.15) is 41.3 Å². The second kappa shape index (κ2) is 9.42. The molecular formula is C22H24F3N7O2. The Morgan fingerprint density at radius 3 is 2.65 bits per heavy atom. The summed E-state index contributed by atoms with van der Waals surface area (Å²) in [7, 11) is 1.75. The summed E-state index contributed by atoms with van der Waals surface area (Å²) < 4.78 is 40.0. The second-order valence-corrected chi connectivity index (χ2v) is 8.46. The molecule has 180 valence electrons. The highest BCUT2D eigenvalue weighted by molar-refractivity contribution is 5.76. The topological polar surface area (TPSA) is 109 Å². The number of nitrogens with one attached hydrogen (secondary N) is 1. The summed E-state index contributed by atoms with van der Waals surface area (Å²) in [5.74, 6) is 0.734. The Morgan fingerprint density at radius 1 is 1.29 bits per heavy atom. The quantitative estimate of drug-likeness (QED) is 0.701. The number of H-pyrrole nitrogens is 1. The number of nitrogens with zero attached hydrogens (tertiary/aromatic N) is 6. The highest BCUT2D eigenvalue weighted by atomic mass is 19.4. The molecule has 9 nitrogen and oxygen atoms in total. The number of aromatic amines is 1. The third-order valence-corrected chi connectivity index (χ3v) is 6.43. The van der Waals surface area contributed by atoms with Crippen LogP contribution in [0.4, 0.5) is 19.0 Å². The smallest absolute Gasteiger partial charge is 0.353 e. The molecule has 1 amide bonds. The Labute approximate surface area is 193 Å². The molecule has 1 aliphatic carbocycles. The monoisotopic (exact) mass is 475 g/mol. The van der Waals surface area contributed by atoms with E-state index in [0.717, 1.165) is 5.82 Å². The van der Waals surface area contributed by atoms with Crippen molar-refractivity contribution in [3.63, 3.8) is 0 Å². The van der Waals surface area contributed by atoms with Gasteiger partial charge in [0.25, 0.3) is 5.56 Å². The van der Waals surface area contributed by atoms with Gasteiger partial charge in [0.15, 0.2) is 0 Å². The Bertz CT molecular complexity index is 1150. The molecule has 1 aliphatic heterocycles. The lowest BCUT2D eigenvalue weighted by atomic mass is 10.1. The van der Waals surface area contributed by atoms with E-state index in [0.29, 0.717) is 44.7 Å². The number of alkyl halides is 3. The largest absolute Gasteiger partial charge is 0.422 e. The van der Waals surface area contributed by atoms with Gasteiger partial charge in [-0.1, -0.05) is 0 Å². The minimum absolute atomic E-state index is 0.0251. The first-order valence-electron chi connectivity index (χ1n) is 11.0. The van der Waals surface area contributed by atoms with E-state index in [-0.39, 0.29) is 36.0 Å². The number of carbonyl (C=O) groups is 1. The number of aromatic nitrogens is 3. The summed E-state index contributed by atoms with van der Waals surface area (Å²) in [6, 6.07) is 5.14. The number of rotatable bonds is 5. The fourth-order valence-electron chi connectivity index (χ4n) is 4.59. The number of amides is 1. The standard InChI is InChI=1S/C22H24F3N7O2/c1-30(16-4-3-15-19(22(23,24)25)21(34)29-28-20(15)16)7-6-18(33)32-10-8-31(9-11-32)17-5-2-14(12-26)13-27-17/h2,5,13,16H,3-4,6-11H2,1H3,(H,29,34). The molecule has 3 heterocycles. The molecule has 2 aromatic heterocycles. The zero-order valence-electron chi connectivity index (χ0n) is 18.6. The number of nitriles is 1. The SMILES string of the molecule is CN(CCC(=O)N1CCN(c2ccc(C#N)cn2)CC1)C1CCc2c1n[nH]c(=O)c2C(F)(F)F. The van der Waals surface area contributed by atoms with Gasteiger partial charge in [-0.3, -0.25) is 14.5 Å². The maximum atomic E-state index is 13.3. The molecule has 1 unspecified atom stereocenters. The molecule has 0 radical (unpaired) electrons. The lowest BCUT2D eigenvalue weighted by Crippen LogP contribution is -2.49. The molecule has 0 aromatic carbocycles. The minimum Gasteiger partial charge on any atom is -0.353 e. The number of anilines is 1. The van der Waals surface area contributed by atoms with E-state index in [9.17, 15) is 22.8 Å². The average Bonchev–Trinajstić information content (AvgIpc) is 3.25. The Kier molecular flexibility index (Phi) is 6.56. The average molecular weight is 475 g/mol. The highest BCUT2D eigenvalue weighted by Gasteiger charge is 2.42. The summed E-state index contributed by atoms with van der Waals surface area (Å²) >= 11 is 0. The maximum Gasteiger partial charge on any atom is 0.422 e. The summed E-state index contributed by atoms with van der Waals surface area (Å²) in [6.07, 6.45) is -2.46. The van der Waals surface area contributed by atoms with Crippen molar-refractivity contribution in [1.82, 2.24) is 25.0 Å². The van der Waals surface area contributed by atoms with Gasteiger partial charge in [0.2, 0.25) is 5.91 Å². The molecule has 1 fully saturated rings. The number of fused-ring (bicyclic) bond motifs is 1. The van der Waals surface area contributed by atoms with Gasteiger partial charge in [-0.15, -0.1) is 0 Å². The minimum atomic E-state index is -4.74. The number of hydrogen-bond donors (Lipinski definition) is 1. The van der Waals surface area contributed by atoms with Crippen LogP contribution in [0, 0.1) is 11.3 Å². The third kappa shape index (κ3) is 4.75. The molecule has 1 N–H and O–H groups in total. The molecule has 0 spiro atoms. The molecular weight excluding hydrogens is 451 g/mol. The van der Waals surface area contributed by atoms with Crippen molar-refractivity contribution in [2.24, 2.45) is 0 Å². The van der Waals surface area contributed by atoms with Crippen LogP contribution in [0.15, 0.2) is 23.1 Å². The van der Waals surface area contributed by atoms with E-state index < -0.39 is 17.3 Å². The van der Waals surface area contributed by atoms with E-state index >= 15 is 0 Å². The summed E-state index contributed by atoms with van der Waals surface area (Å²) in [6.45, 7) is 2.67. The molecule has 12 heteroatoms. The molecule has 1 saturated heterocycles. The van der Waals surface area contributed by atoms with Crippen LogP contribution in [-0.2, 0) is 17.4 Å². The number of halogens is 3. The van der Waals surface area contributed by atoms with Crippen molar-refractivity contribution >= 4 is 11.7 Å². The van der Waals surface area contributed by atoms with Gasteiger partial charge in [-0.25, -0.2) is 10.1 Å². The van der Waals surface area contributed by atoms with Crippen LogP contribution < -0.4 is 10.5 Å². The summed E-state index contributed by atoms with van der Waals surface area (Å²) in [5.41, 5.74) is -1.72. The maximum absolute atomic E-state index is 13.3. The van der Waals surface area contributed by atoms with E-state index in [1.807, 2.05) is 16.1 Å². The van der Waals surface area contributed by atoms with Crippen LogP contribution in [0.25, 0.3) is 0 Å². The zero-order valence-corrected chi connectivity index (χ0v) is 18.6. The lowest BCUT2D eigenvalue weighted by Gasteiger charge is -2.36. The van der Waals surface area contributed by atoms with Crippen LogP contribution in [0.3, 0.4) is 0 Å². The van der Waals surface area contributed by atoms with Gasteiger partial charge < -0.3 is 9.80 Å². The zero-order chi connectivity index (χ0) is 24.5. The van der Waals surface area contributed by atoms with Gasteiger partial charge in [-0.2, -0.15) is 23.5 Å². The Hall–Kier alpha value is -3.46. The first-order chi connectivity index (χ1) is 16.2. The molecule has 0 bridgehead atoms. The van der Waals surface area contributed by atoms with Gasteiger partial charge >= 0.3 is 6.18 Å². The second-order valence-electron chi connectivity index (χ2n) is 8.46. The van der Waals surface area contributed by atoms with E-state index in [1.54, 1.807) is 24.1 Å². The molecule has 34 heavy (non-hydrogen) atoms. The summed E-state index contributed by atoms with van der Waals surface area (Å²) in [5, 5.41) is 14.8.